The van der Waals surface area contributed by atoms with Crippen molar-refractivity contribution in [3.05, 3.63) is 0 Å². The second-order valence-electron chi connectivity index (χ2n) is 5.24. The average molecular weight is 313 g/mol. The zero-order valence-corrected chi connectivity index (χ0v) is 12.5. The number of rotatable bonds is 7. The van der Waals surface area contributed by atoms with Gasteiger partial charge in [0.25, 0.3) is 0 Å². The van der Waals surface area contributed by atoms with E-state index in [9.17, 15) is 22.8 Å². The lowest BCUT2D eigenvalue weighted by Gasteiger charge is -2.28. The van der Waals surface area contributed by atoms with Crippen molar-refractivity contribution in [3.8, 4) is 0 Å². The molecule has 9 heteroatoms. The van der Waals surface area contributed by atoms with Crippen molar-refractivity contribution in [3.63, 3.8) is 0 Å². The van der Waals surface area contributed by atoms with Gasteiger partial charge >= 0.3 is 18.2 Å². The number of carboxylic acid groups (broad SMARTS) is 1. The normalized spacial score (nSPS) is 14.9. The summed E-state index contributed by atoms with van der Waals surface area (Å²) in [7, 11) is 1.88. The lowest BCUT2D eigenvalue weighted by atomic mass is 10.0. The van der Waals surface area contributed by atoms with E-state index in [-0.39, 0.29) is 6.54 Å². The topological polar surface area (TPSA) is 81.7 Å². The molecule has 0 spiro atoms. The lowest BCUT2D eigenvalue weighted by molar-refractivity contribution is -0.203. The summed E-state index contributed by atoms with van der Waals surface area (Å²) in [5, 5.41) is 12.3. The first-order valence-electron chi connectivity index (χ1n) is 6.48. The summed E-state index contributed by atoms with van der Waals surface area (Å²) in [4.78, 5) is 24.1. The number of alkyl halides is 3. The minimum Gasteiger partial charge on any atom is -0.479 e. The monoisotopic (exact) mass is 313 g/mol. The Morgan fingerprint density at radius 2 is 1.81 bits per heavy atom. The van der Waals surface area contributed by atoms with Crippen molar-refractivity contribution in [1.82, 2.24) is 15.5 Å². The Balaban J connectivity index is 4.34. The number of nitrogens with zero attached hydrogens (tertiary/aromatic N) is 1. The fourth-order valence-electron chi connectivity index (χ4n) is 1.31. The van der Waals surface area contributed by atoms with Crippen LogP contribution >= 0.6 is 0 Å². The highest BCUT2D eigenvalue weighted by Crippen LogP contribution is 2.30. The number of carboxylic acids is 1. The number of carbonyl (C=O) groups is 2. The largest absolute Gasteiger partial charge is 0.479 e. The first-order chi connectivity index (χ1) is 9.41. The fraction of sp³-hybridized carbons (Fsp3) is 0.833. The van der Waals surface area contributed by atoms with Crippen molar-refractivity contribution >= 4 is 12.0 Å². The third kappa shape index (κ3) is 5.78. The Bertz CT molecular complexity index is 374. The van der Waals surface area contributed by atoms with E-state index in [1.165, 1.54) is 5.32 Å². The second-order valence-corrected chi connectivity index (χ2v) is 5.24. The molecule has 0 aliphatic rings. The highest BCUT2D eigenvalue weighted by atomic mass is 19.4. The lowest BCUT2D eigenvalue weighted by Crippen LogP contribution is -2.63. The number of carbonyl (C=O) groups excluding carboxylic acids is 1. The summed E-state index contributed by atoms with van der Waals surface area (Å²) in [5.74, 6) is -2.16. The standard InChI is InChI=1S/C12H22F3N3O3/c1-8(2)18(4)7-5-6-16-10(21)17-11(3,9(19)20)12(13,14)15/h8H,5-7H2,1-4H3,(H,19,20)(H2,16,17,21). The Morgan fingerprint density at radius 1 is 1.29 bits per heavy atom. The SMILES string of the molecule is CC(C)N(C)CCCNC(=O)NC(C)(C(=O)O)C(F)(F)F. The summed E-state index contributed by atoms with van der Waals surface area (Å²) in [6, 6.07) is -0.844. The van der Waals surface area contributed by atoms with Crippen LogP contribution in [0.25, 0.3) is 0 Å². The molecule has 0 rings (SSSR count). The van der Waals surface area contributed by atoms with E-state index in [1.54, 1.807) is 0 Å². The van der Waals surface area contributed by atoms with E-state index in [2.05, 4.69) is 5.32 Å². The number of hydrogen-bond donors (Lipinski definition) is 3. The molecule has 2 amide bonds. The predicted octanol–water partition coefficient (Wildman–Crippen LogP) is 1.42. The molecule has 3 N–H and O–H groups in total. The van der Waals surface area contributed by atoms with Crippen LogP contribution in [0.15, 0.2) is 0 Å². The minimum absolute atomic E-state index is 0.149. The summed E-state index contributed by atoms with van der Waals surface area (Å²) in [6.07, 6.45) is -4.55. The van der Waals surface area contributed by atoms with Crippen LogP contribution < -0.4 is 10.6 Å². The summed E-state index contributed by atoms with van der Waals surface area (Å²) in [5.41, 5.74) is -3.31. The van der Waals surface area contributed by atoms with E-state index in [1.807, 2.05) is 25.8 Å². The number of aliphatic carboxylic acids is 1. The van der Waals surface area contributed by atoms with Gasteiger partial charge in [-0.3, -0.25) is 0 Å². The van der Waals surface area contributed by atoms with E-state index in [0.717, 1.165) is 0 Å². The third-order valence-electron chi connectivity index (χ3n) is 3.21. The van der Waals surface area contributed by atoms with Gasteiger partial charge in [0.05, 0.1) is 0 Å². The van der Waals surface area contributed by atoms with E-state index in [4.69, 9.17) is 5.11 Å². The molecule has 0 aromatic carbocycles. The first-order valence-corrected chi connectivity index (χ1v) is 6.48. The molecule has 21 heavy (non-hydrogen) atoms. The first kappa shape index (κ1) is 19.5. The highest BCUT2D eigenvalue weighted by Gasteiger charge is 2.58. The second kappa shape index (κ2) is 7.48. The van der Waals surface area contributed by atoms with Gasteiger partial charge < -0.3 is 20.6 Å². The van der Waals surface area contributed by atoms with Crippen LogP contribution in [-0.4, -0.2) is 59.9 Å². The van der Waals surface area contributed by atoms with Gasteiger partial charge in [-0.05, 0) is 40.8 Å². The molecule has 0 aliphatic carbocycles. The van der Waals surface area contributed by atoms with Gasteiger partial charge in [0.2, 0.25) is 5.54 Å². The zero-order chi connectivity index (χ0) is 16.8. The molecule has 0 aromatic heterocycles. The van der Waals surface area contributed by atoms with Crippen LogP contribution in [-0.2, 0) is 4.79 Å². The van der Waals surface area contributed by atoms with Gasteiger partial charge in [0.15, 0.2) is 0 Å². The van der Waals surface area contributed by atoms with Gasteiger partial charge in [-0.15, -0.1) is 0 Å². The molecule has 0 fully saturated rings. The van der Waals surface area contributed by atoms with Crippen molar-refractivity contribution in [2.75, 3.05) is 20.1 Å². The van der Waals surface area contributed by atoms with Crippen LogP contribution in [0.5, 0.6) is 0 Å². The Hall–Kier alpha value is -1.51. The van der Waals surface area contributed by atoms with Crippen molar-refractivity contribution < 1.29 is 27.9 Å². The number of amides is 2. The number of halogens is 3. The molecule has 6 nitrogen and oxygen atoms in total. The van der Waals surface area contributed by atoms with Crippen LogP contribution in [0.2, 0.25) is 0 Å². The summed E-state index contributed by atoms with van der Waals surface area (Å²) >= 11 is 0. The molecular weight excluding hydrogens is 291 g/mol. The van der Waals surface area contributed by atoms with Crippen LogP contribution in [0.3, 0.4) is 0 Å². The predicted molar refractivity (Wildman–Crippen MR) is 71.0 cm³/mol. The summed E-state index contributed by atoms with van der Waals surface area (Å²) < 4.78 is 38.0. The Morgan fingerprint density at radius 3 is 2.19 bits per heavy atom. The van der Waals surface area contributed by atoms with Gasteiger partial charge in [0, 0.05) is 12.6 Å². The third-order valence-corrected chi connectivity index (χ3v) is 3.21. The van der Waals surface area contributed by atoms with Crippen LogP contribution in [0.1, 0.15) is 27.2 Å². The number of urea groups is 1. The smallest absolute Gasteiger partial charge is 0.422 e. The maximum absolute atomic E-state index is 12.7. The molecule has 0 saturated heterocycles. The number of hydrogen-bond acceptors (Lipinski definition) is 3. The molecule has 0 aliphatic heterocycles. The molecule has 0 aromatic rings. The van der Waals surface area contributed by atoms with Gasteiger partial charge in [-0.1, -0.05) is 0 Å². The molecule has 1 unspecified atom stereocenters. The highest BCUT2D eigenvalue weighted by molar-refractivity contribution is 5.86. The molecule has 0 bridgehead atoms. The van der Waals surface area contributed by atoms with Crippen LogP contribution in [0.4, 0.5) is 18.0 Å². The van der Waals surface area contributed by atoms with Crippen molar-refractivity contribution in [2.45, 2.75) is 44.9 Å². The van der Waals surface area contributed by atoms with Gasteiger partial charge in [-0.25, -0.2) is 9.59 Å². The molecule has 124 valence electrons. The molecule has 0 radical (unpaired) electrons. The quantitative estimate of drug-likeness (QED) is 0.621. The van der Waals surface area contributed by atoms with E-state index in [0.29, 0.717) is 25.9 Å². The van der Waals surface area contributed by atoms with Gasteiger partial charge in [-0.2, -0.15) is 13.2 Å². The molecule has 0 heterocycles. The fourth-order valence-corrected chi connectivity index (χ4v) is 1.31. The maximum atomic E-state index is 12.7. The average Bonchev–Trinajstić information content (AvgIpc) is 2.32. The molecular formula is C12H22F3N3O3. The van der Waals surface area contributed by atoms with Gasteiger partial charge in [0.1, 0.15) is 0 Å². The van der Waals surface area contributed by atoms with Crippen molar-refractivity contribution in [1.29, 1.82) is 0 Å². The number of nitrogens with one attached hydrogen (secondary N) is 2. The zero-order valence-electron chi connectivity index (χ0n) is 12.5. The maximum Gasteiger partial charge on any atom is 0.422 e. The molecule has 0 saturated carbocycles. The van der Waals surface area contributed by atoms with E-state index >= 15 is 0 Å². The van der Waals surface area contributed by atoms with Crippen molar-refractivity contribution in [2.24, 2.45) is 0 Å². The molecule has 1 atom stereocenters. The van der Waals surface area contributed by atoms with E-state index < -0.39 is 23.7 Å². The Labute approximate surface area is 121 Å². The summed E-state index contributed by atoms with van der Waals surface area (Å²) in [6.45, 7) is 5.19. The minimum atomic E-state index is -5.09. The van der Waals surface area contributed by atoms with Crippen LogP contribution in [0, 0.1) is 0 Å². The Kier molecular flexibility index (Phi) is 6.95.